The molecule has 1 aromatic carbocycles. The monoisotopic (exact) mass is 324 g/mol. The van der Waals surface area contributed by atoms with Crippen molar-refractivity contribution in [3.63, 3.8) is 0 Å². The zero-order chi connectivity index (χ0) is 16.3. The van der Waals surface area contributed by atoms with Gasteiger partial charge in [-0.15, -0.1) is 0 Å². The lowest BCUT2D eigenvalue weighted by atomic mass is 10.2. The zero-order valence-corrected chi connectivity index (χ0v) is 14.3. The van der Waals surface area contributed by atoms with Gasteiger partial charge in [-0.3, -0.25) is 4.79 Å². The predicted octanol–water partition coefficient (Wildman–Crippen LogP) is 1.85. The summed E-state index contributed by atoms with van der Waals surface area (Å²) in [6, 6.07) is 6.29. The molecule has 122 valence electrons. The molecule has 0 saturated carbocycles. The first-order valence-corrected chi connectivity index (χ1v) is 9.08. The minimum absolute atomic E-state index is 0.126. The summed E-state index contributed by atoms with van der Waals surface area (Å²) >= 11 is 0. The van der Waals surface area contributed by atoms with Crippen molar-refractivity contribution in [1.29, 1.82) is 0 Å². The maximum atomic E-state index is 12.7. The molecule has 0 amide bonds. The molecule has 0 aliphatic carbocycles. The van der Waals surface area contributed by atoms with Gasteiger partial charge in [-0.1, -0.05) is 26.0 Å². The summed E-state index contributed by atoms with van der Waals surface area (Å²) in [6.07, 6.45) is 0. The lowest BCUT2D eigenvalue weighted by Crippen LogP contribution is -2.49. The van der Waals surface area contributed by atoms with Gasteiger partial charge in [0.1, 0.15) is 0 Å². The van der Waals surface area contributed by atoms with Crippen molar-refractivity contribution in [2.45, 2.75) is 25.7 Å². The Morgan fingerprint density at radius 1 is 1.18 bits per heavy atom. The first-order valence-electron chi connectivity index (χ1n) is 7.64. The van der Waals surface area contributed by atoms with E-state index in [9.17, 15) is 13.2 Å². The van der Waals surface area contributed by atoms with E-state index in [1.165, 1.54) is 17.3 Å². The highest BCUT2D eigenvalue weighted by molar-refractivity contribution is 7.89. The van der Waals surface area contributed by atoms with E-state index in [-0.39, 0.29) is 10.7 Å². The van der Waals surface area contributed by atoms with Crippen LogP contribution < -0.4 is 0 Å². The number of benzene rings is 1. The predicted molar refractivity (Wildman–Crippen MR) is 86.5 cm³/mol. The van der Waals surface area contributed by atoms with Gasteiger partial charge < -0.3 is 4.90 Å². The maximum absolute atomic E-state index is 12.7. The van der Waals surface area contributed by atoms with E-state index in [4.69, 9.17) is 0 Å². The highest BCUT2D eigenvalue weighted by Gasteiger charge is 2.28. The molecule has 5 nitrogen and oxygen atoms in total. The van der Waals surface area contributed by atoms with Crippen LogP contribution in [0.15, 0.2) is 29.2 Å². The molecule has 1 heterocycles. The van der Waals surface area contributed by atoms with Gasteiger partial charge in [0.2, 0.25) is 10.0 Å². The SMILES string of the molecule is CC(=O)c1cccc(S(=O)(=O)N2CCN(CC(C)C)CC2)c1. The van der Waals surface area contributed by atoms with E-state index < -0.39 is 10.0 Å². The second kappa shape index (κ2) is 6.89. The van der Waals surface area contributed by atoms with Crippen LogP contribution in [0.1, 0.15) is 31.1 Å². The van der Waals surface area contributed by atoms with Crippen molar-refractivity contribution in [3.05, 3.63) is 29.8 Å². The van der Waals surface area contributed by atoms with Crippen molar-refractivity contribution in [2.75, 3.05) is 32.7 Å². The van der Waals surface area contributed by atoms with E-state index >= 15 is 0 Å². The Morgan fingerprint density at radius 3 is 2.36 bits per heavy atom. The molecular formula is C16H24N2O3S. The fourth-order valence-electron chi connectivity index (χ4n) is 2.69. The number of nitrogens with zero attached hydrogens (tertiary/aromatic N) is 2. The minimum Gasteiger partial charge on any atom is -0.300 e. The van der Waals surface area contributed by atoms with Crippen LogP contribution in [0.3, 0.4) is 0 Å². The molecule has 22 heavy (non-hydrogen) atoms. The molecule has 6 heteroatoms. The fraction of sp³-hybridized carbons (Fsp3) is 0.562. The summed E-state index contributed by atoms with van der Waals surface area (Å²) in [4.78, 5) is 13.9. The molecule has 0 aromatic heterocycles. The second-order valence-electron chi connectivity index (χ2n) is 6.18. The number of hydrogen-bond acceptors (Lipinski definition) is 4. The van der Waals surface area contributed by atoms with E-state index in [0.717, 1.165) is 19.6 Å². The van der Waals surface area contributed by atoms with Gasteiger partial charge in [-0.2, -0.15) is 4.31 Å². The summed E-state index contributed by atoms with van der Waals surface area (Å²) < 4.78 is 26.9. The Morgan fingerprint density at radius 2 is 1.82 bits per heavy atom. The number of rotatable bonds is 5. The number of carbonyl (C=O) groups is 1. The number of hydrogen-bond donors (Lipinski definition) is 0. The second-order valence-corrected chi connectivity index (χ2v) is 8.12. The Labute approximate surface area is 133 Å². The number of sulfonamides is 1. The van der Waals surface area contributed by atoms with Crippen LogP contribution >= 0.6 is 0 Å². The number of carbonyl (C=O) groups excluding carboxylic acids is 1. The van der Waals surface area contributed by atoms with Crippen molar-refractivity contribution in [1.82, 2.24) is 9.21 Å². The molecule has 1 aliphatic heterocycles. The van der Waals surface area contributed by atoms with Crippen LogP contribution in [0, 0.1) is 5.92 Å². The van der Waals surface area contributed by atoms with Crippen molar-refractivity contribution < 1.29 is 13.2 Å². The Kier molecular flexibility index (Phi) is 5.36. The van der Waals surface area contributed by atoms with Crippen LogP contribution in [0.25, 0.3) is 0 Å². The third kappa shape index (κ3) is 3.94. The third-order valence-corrected chi connectivity index (χ3v) is 5.73. The molecule has 0 bridgehead atoms. The number of Topliss-reactive ketones (excluding diaryl/α,β-unsaturated/α-hetero) is 1. The van der Waals surface area contributed by atoms with Gasteiger partial charge in [0.25, 0.3) is 0 Å². The van der Waals surface area contributed by atoms with Gasteiger partial charge in [0, 0.05) is 38.3 Å². The van der Waals surface area contributed by atoms with Gasteiger partial charge in [0.15, 0.2) is 5.78 Å². The van der Waals surface area contributed by atoms with Crippen LogP contribution in [-0.2, 0) is 10.0 Å². The topological polar surface area (TPSA) is 57.7 Å². The summed E-state index contributed by atoms with van der Waals surface area (Å²) in [5.74, 6) is 0.453. The Hall–Kier alpha value is -1.24. The summed E-state index contributed by atoms with van der Waals surface area (Å²) in [5.41, 5.74) is 0.430. The Balaban J connectivity index is 2.12. The largest absolute Gasteiger partial charge is 0.300 e. The molecule has 0 spiro atoms. The molecule has 0 N–H and O–H groups in total. The van der Waals surface area contributed by atoms with Crippen molar-refractivity contribution in [2.24, 2.45) is 5.92 Å². The van der Waals surface area contributed by atoms with Gasteiger partial charge in [0.05, 0.1) is 4.90 Å². The van der Waals surface area contributed by atoms with E-state index in [1.807, 2.05) is 0 Å². The van der Waals surface area contributed by atoms with Crippen molar-refractivity contribution >= 4 is 15.8 Å². The van der Waals surface area contributed by atoms with Gasteiger partial charge in [-0.25, -0.2) is 8.42 Å². The van der Waals surface area contributed by atoms with Crippen LogP contribution in [0.5, 0.6) is 0 Å². The molecule has 0 atom stereocenters. The molecule has 1 saturated heterocycles. The Bertz CT molecular complexity index is 633. The van der Waals surface area contributed by atoms with Gasteiger partial charge in [-0.05, 0) is 25.0 Å². The molecule has 1 aliphatic rings. The number of ketones is 1. The smallest absolute Gasteiger partial charge is 0.243 e. The van der Waals surface area contributed by atoms with E-state index in [2.05, 4.69) is 18.7 Å². The van der Waals surface area contributed by atoms with Gasteiger partial charge >= 0.3 is 0 Å². The molecular weight excluding hydrogens is 300 g/mol. The zero-order valence-electron chi connectivity index (χ0n) is 13.4. The first-order chi connectivity index (χ1) is 10.3. The lowest BCUT2D eigenvalue weighted by Gasteiger charge is -2.34. The highest BCUT2D eigenvalue weighted by Crippen LogP contribution is 2.19. The van der Waals surface area contributed by atoms with Crippen LogP contribution in [0.4, 0.5) is 0 Å². The molecule has 2 rings (SSSR count). The first kappa shape index (κ1) is 17.1. The quantitative estimate of drug-likeness (QED) is 0.776. The summed E-state index contributed by atoms with van der Waals surface area (Å²) in [7, 11) is -3.52. The van der Waals surface area contributed by atoms with E-state index in [0.29, 0.717) is 24.6 Å². The normalized spacial score (nSPS) is 17.8. The summed E-state index contributed by atoms with van der Waals surface area (Å²) in [5, 5.41) is 0. The third-order valence-electron chi connectivity index (χ3n) is 3.83. The fourth-order valence-corrected chi connectivity index (χ4v) is 4.16. The average molecular weight is 324 g/mol. The molecule has 1 aromatic rings. The van der Waals surface area contributed by atoms with E-state index in [1.54, 1.807) is 18.2 Å². The van der Waals surface area contributed by atoms with Crippen molar-refractivity contribution in [3.8, 4) is 0 Å². The highest BCUT2D eigenvalue weighted by atomic mass is 32.2. The maximum Gasteiger partial charge on any atom is 0.243 e. The lowest BCUT2D eigenvalue weighted by molar-refractivity contribution is 0.101. The van der Waals surface area contributed by atoms with Crippen LogP contribution in [0.2, 0.25) is 0 Å². The molecule has 1 fully saturated rings. The van der Waals surface area contributed by atoms with Crippen LogP contribution in [-0.4, -0.2) is 56.1 Å². The number of piperazine rings is 1. The average Bonchev–Trinajstić information content (AvgIpc) is 2.47. The molecule has 0 unspecified atom stereocenters. The summed E-state index contributed by atoms with van der Waals surface area (Å²) in [6.45, 7) is 9.27. The minimum atomic E-state index is -3.52. The molecule has 0 radical (unpaired) electrons. The standard InChI is InChI=1S/C16H24N2O3S/c1-13(2)12-17-7-9-18(10-8-17)22(20,21)16-6-4-5-15(11-16)14(3)19/h4-6,11,13H,7-10,12H2,1-3H3.